The van der Waals surface area contributed by atoms with Crippen LogP contribution in [0.3, 0.4) is 0 Å². The molecule has 3 rings (SSSR count). The summed E-state index contributed by atoms with van der Waals surface area (Å²) >= 11 is 0. The van der Waals surface area contributed by atoms with E-state index in [0.717, 1.165) is 6.07 Å². The lowest BCUT2D eigenvalue weighted by atomic mass is 9.68. The first-order valence-electron chi connectivity index (χ1n) is 7.27. The number of hydrogen-bond acceptors (Lipinski definition) is 7. The predicted molar refractivity (Wildman–Crippen MR) is 83.0 cm³/mol. The van der Waals surface area contributed by atoms with Crippen LogP contribution in [0.1, 0.15) is 27.6 Å². The van der Waals surface area contributed by atoms with Crippen LogP contribution in [-0.2, 0) is 4.79 Å². The first-order valence-corrected chi connectivity index (χ1v) is 7.27. The number of rotatable bonds is 2. The van der Waals surface area contributed by atoms with Gasteiger partial charge in [0.2, 0.25) is 5.75 Å². The molecular formula is C17H14O8. The van der Waals surface area contributed by atoms with E-state index >= 15 is 0 Å². The normalized spacial score (nSPS) is 22.2. The highest BCUT2D eigenvalue weighted by atomic mass is 16.5. The second-order valence-corrected chi connectivity index (χ2v) is 5.85. The highest BCUT2D eigenvalue weighted by Gasteiger charge is 2.48. The largest absolute Gasteiger partial charge is 0.511 e. The number of fused-ring (bicyclic) bond motifs is 2. The van der Waals surface area contributed by atoms with Crippen LogP contribution in [0.25, 0.3) is 0 Å². The van der Waals surface area contributed by atoms with Gasteiger partial charge in [0.1, 0.15) is 11.3 Å². The number of ketones is 2. The molecule has 2 atom stereocenters. The number of carbonyl (C=O) groups is 3. The molecule has 2 aliphatic carbocycles. The van der Waals surface area contributed by atoms with Crippen LogP contribution in [0.2, 0.25) is 0 Å². The molecule has 0 aromatic heterocycles. The van der Waals surface area contributed by atoms with Gasteiger partial charge in [0, 0.05) is 5.56 Å². The number of aliphatic hydroxyl groups is 1. The maximum atomic E-state index is 12.8. The van der Waals surface area contributed by atoms with E-state index in [1.165, 1.54) is 20.1 Å². The summed E-state index contributed by atoms with van der Waals surface area (Å²) in [6.07, 6.45) is 1.31. The molecule has 1 aromatic rings. The molecule has 0 saturated heterocycles. The van der Waals surface area contributed by atoms with Crippen LogP contribution in [0.5, 0.6) is 17.2 Å². The fraction of sp³-hybridized carbons (Fsp3) is 0.235. The molecule has 0 saturated carbocycles. The number of aliphatic hydroxyl groups excluding tert-OH is 1. The molecular weight excluding hydrogens is 332 g/mol. The summed E-state index contributed by atoms with van der Waals surface area (Å²) in [5.41, 5.74) is -0.920. The molecule has 0 amide bonds. The number of carboxylic acids is 1. The van der Waals surface area contributed by atoms with Gasteiger partial charge in [-0.05, 0) is 18.6 Å². The SMILES string of the molecule is COc1cc2c(c(O)c1O)C(=O)C1C(O)=C(C(=O)O)C(C)=CC1C2=O. The van der Waals surface area contributed by atoms with E-state index in [0.29, 0.717) is 0 Å². The molecule has 2 aliphatic rings. The molecule has 0 bridgehead atoms. The predicted octanol–water partition coefficient (Wildman–Crippen LogP) is 1.57. The van der Waals surface area contributed by atoms with E-state index < -0.39 is 57.8 Å². The molecule has 0 aliphatic heterocycles. The Labute approximate surface area is 141 Å². The molecule has 25 heavy (non-hydrogen) atoms. The molecule has 8 heteroatoms. The minimum Gasteiger partial charge on any atom is -0.511 e. The Morgan fingerprint density at radius 2 is 1.76 bits per heavy atom. The van der Waals surface area contributed by atoms with Crippen LogP contribution in [-0.4, -0.2) is 45.1 Å². The smallest absolute Gasteiger partial charge is 0.339 e. The zero-order chi connectivity index (χ0) is 18.6. The first kappa shape index (κ1) is 16.6. The number of carboxylic acid groups (broad SMARTS) is 1. The third-order valence-electron chi connectivity index (χ3n) is 4.50. The highest BCUT2D eigenvalue weighted by Crippen LogP contribution is 2.48. The average molecular weight is 346 g/mol. The number of Topliss-reactive ketones (excluding diaryl/α,β-unsaturated/α-hetero) is 2. The van der Waals surface area contributed by atoms with E-state index in [1.54, 1.807) is 0 Å². The number of phenols is 2. The van der Waals surface area contributed by atoms with Crippen molar-refractivity contribution in [2.45, 2.75) is 6.92 Å². The average Bonchev–Trinajstić information content (AvgIpc) is 2.54. The van der Waals surface area contributed by atoms with E-state index in [4.69, 9.17) is 4.74 Å². The summed E-state index contributed by atoms with van der Waals surface area (Å²) in [5.74, 6) is -7.93. The van der Waals surface area contributed by atoms with Crippen LogP contribution in [0.15, 0.2) is 29.0 Å². The van der Waals surface area contributed by atoms with E-state index in [-0.39, 0.29) is 16.9 Å². The number of hydrogen-bond donors (Lipinski definition) is 4. The van der Waals surface area contributed by atoms with Crippen molar-refractivity contribution in [3.63, 3.8) is 0 Å². The topological polar surface area (TPSA) is 141 Å². The number of aromatic hydroxyl groups is 2. The van der Waals surface area contributed by atoms with Crippen LogP contribution in [0.4, 0.5) is 0 Å². The maximum absolute atomic E-state index is 12.8. The van der Waals surface area contributed by atoms with Gasteiger partial charge in [-0.15, -0.1) is 0 Å². The van der Waals surface area contributed by atoms with Crippen molar-refractivity contribution in [3.05, 3.63) is 40.2 Å². The van der Waals surface area contributed by atoms with Gasteiger partial charge in [-0.1, -0.05) is 6.08 Å². The van der Waals surface area contributed by atoms with Crippen LogP contribution >= 0.6 is 0 Å². The lowest BCUT2D eigenvalue weighted by Crippen LogP contribution is -2.39. The summed E-state index contributed by atoms with van der Waals surface area (Å²) in [4.78, 5) is 36.9. The minimum atomic E-state index is -1.46. The summed E-state index contributed by atoms with van der Waals surface area (Å²) in [6.45, 7) is 1.41. The third-order valence-corrected chi connectivity index (χ3v) is 4.50. The fourth-order valence-electron chi connectivity index (χ4n) is 3.34. The molecule has 4 N–H and O–H groups in total. The van der Waals surface area contributed by atoms with Crippen molar-refractivity contribution >= 4 is 17.5 Å². The van der Waals surface area contributed by atoms with Gasteiger partial charge in [0.15, 0.2) is 23.1 Å². The molecule has 0 radical (unpaired) electrons. The van der Waals surface area contributed by atoms with Crippen molar-refractivity contribution < 1.29 is 39.5 Å². The van der Waals surface area contributed by atoms with Crippen molar-refractivity contribution in [1.29, 1.82) is 0 Å². The molecule has 1 aromatic carbocycles. The number of allylic oxidation sites excluding steroid dienone is 2. The van der Waals surface area contributed by atoms with Crippen molar-refractivity contribution in [3.8, 4) is 17.2 Å². The Morgan fingerprint density at radius 1 is 1.12 bits per heavy atom. The van der Waals surface area contributed by atoms with E-state index in [1.807, 2.05) is 0 Å². The summed E-state index contributed by atoms with van der Waals surface area (Å²) in [6, 6.07) is 1.14. The second-order valence-electron chi connectivity index (χ2n) is 5.85. The molecule has 0 heterocycles. The number of ether oxygens (including phenoxy) is 1. The number of benzene rings is 1. The monoisotopic (exact) mass is 346 g/mol. The Balaban J connectivity index is 2.30. The van der Waals surface area contributed by atoms with Crippen molar-refractivity contribution in [1.82, 2.24) is 0 Å². The Bertz CT molecular complexity index is 906. The Kier molecular flexibility index (Phi) is 3.56. The molecule has 0 fully saturated rings. The number of phenolic OH excluding ortho intramolecular Hbond substituents is 2. The fourth-order valence-corrected chi connectivity index (χ4v) is 3.34. The quantitative estimate of drug-likeness (QED) is 0.591. The maximum Gasteiger partial charge on any atom is 0.339 e. The van der Waals surface area contributed by atoms with Gasteiger partial charge in [-0.2, -0.15) is 0 Å². The zero-order valence-corrected chi connectivity index (χ0v) is 13.2. The third kappa shape index (κ3) is 2.10. The van der Waals surface area contributed by atoms with Crippen molar-refractivity contribution in [2.75, 3.05) is 7.11 Å². The number of aliphatic carboxylic acids is 1. The van der Waals surface area contributed by atoms with E-state index in [2.05, 4.69) is 0 Å². The van der Waals surface area contributed by atoms with Crippen LogP contribution in [0, 0.1) is 11.8 Å². The summed E-state index contributed by atoms with van der Waals surface area (Å²) < 4.78 is 4.88. The molecule has 130 valence electrons. The highest BCUT2D eigenvalue weighted by molar-refractivity contribution is 6.20. The van der Waals surface area contributed by atoms with Gasteiger partial charge in [-0.3, -0.25) is 9.59 Å². The molecule has 2 unspecified atom stereocenters. The molecule has 8 nitrogen and oxygen atoms in total. The lowest BCUT2D eigenvalue weighted by Gasteiger charge is -2.33. The standard InChI is InChI=1S/C17H14O8/c1-5-3-6-10(14(20)9(5)17(23)24)15(21)11-7(12(6)18)4-8(25-2)13(19)16(11)22/h3-4,6,10,19-20,22H,1-2H3,(H,23,24). The van der Waals surface area contributed by atoms with Gasteiger partial charge in [-0.25, -0.2) is 4.79 Å². The Hall–Kier alpha value is -3.29. The second kappa shape index (κ2) is 5.37. The first-order chi connectivity index (χ1) is 11.7. The zero-order valence-electron chi connectivity index (χ0n) is 13.2. The van der Waals surface area contributed by atoms with Crippen LogP contribution < -0.4 is 4.74 Å². The lowest BCUT2D eigenvalue weighted by molar-refractivity contribution is -0.132. The summed E-state index contributed by atoms with van der Waals surface area (Å²) in [5, 5.41) is 39.5. The van der Waals surface area contributed by atoms with Gasteiger partial charge < -0.3 is 25.2 Å². The Morgan fingerprint density at radius 3 is 2.32 bits per heavy atom. The molecule has 0 spiro atoms. The van der Waals surface area contributed by atoms with Gasteiger partial charge in [0.25, 0.3) is 0 Å². The van der Waals surface area contributed by atoms with Gasteiger partial charge in [0.05, 0.1) is 24.5 Å². The van der Waals surface area contributed by atoms with E-state index in [9.17, 15) is 34.8 Å². The van der Waals surface area contributed by atoms with Gasteiger partial charge >= 0.3 is 5.97 Å². The number of methoxy groups -OCH3 is 1. The summed E-state index contributed by atoms with van der Waals surface area (Å²) in [7, 11) is 1.22. The van der Waals surface area contributed by atoms with Crippen molar-refractivity contribution in [2.24, 2.45) is 11.8 Å². The minimum absolute atomic E-state index is 0.158. The number of carbonyl (C=O) groups excluding carboxylic acids is 2.